The van der Waals surface area contributed by atoms with E-state index in [4.69, 9.17) is 9.84 Å². The first-order chi connectivity index (χ1) is 13.5. The number of rotatable bonds is 3. The smallest absolute Gasteiger partial charge is 0.310 e. The minimum atomic E-state index is -0.712. The number of fused-ring (bicyclic) bond motifs is 1. The Labute approximate surface area is 172 Å². The van der Waals surface area contributed by atoms with E-state index >= 15 is 0 Å². The number of carboxylic acid groups (broad SMARTS) is 1. The number of benzene rings is 2. The number of carboxylic acids is 1. The monoisotopic (exact) mass is 394 g/mol. The van der Waals surface area contributed by atoms with E-state index in [9.17, 15) is 4.79 Å². The Hall–Kier alpha value is -2.69. The second-order valence-electron chi connectivity index (χ2n) is 9.84. The molecule has 0 atom stereocenters. The molecule has 2 heterocycles. The molecule has 0 spiro atoms. The van der Waals surface area contributed by atoms with Crippen LogP contribution in [0.3, 0.4) is 0 Å². The molecular weight excluding hydrogens is 364 g/mol. The highest BCUT2D eigenvalue weighted by molar-refractivity contribution is 5.77. The van der Waals surface area contributed by atoms with Crippen LogP contribution in [0.4, 0.5) is 17.1 Å². The van der Waals surface area contributed by atoms with E-state index in [2.05, 4.69) is 80.8 Å². The van der Waals surface area contributed by atoms with E-state index < -0.39 is 5.97 Å². The van der Waals surface area contributed by atoms with E-state index in [0.29, 0.717) is 13.1 Å². The van der Waals surface area contributed by atoms with Crippen LogP contribution in [0.15, 0.2) is 42.5 Å². The van der Waals surface area contributed by atoms with E-state index in [1.54, 1.807) is 0 Å². The third kappa shape index (κ3) is 3.78. The van der Waals surface area contributed by atoms with Crippen LogP contribution in [0, 0.1) is 5.92 Å². The van der Waals surface area contributed by atoms with Crippen LogP contribution in [-0.2, 0) is 10.2 Å². The van der Waals surface area contributed by atoms with Crippen LogP contribution < -0.4 is 14.5 Å². The van der Waals surface area contributed by atoms with Crippen LogP contribution in [0.5, 0.6) is 5.75 Å². The fraction of sp³-hybridized carbons (Fsp3) is 0.458. The van der Waals surface area contributed by atoms with Crippen molar-refractivity contribution in [3.63, 3.8) is 0 Å². The van der Waals surface area contributed by atoms with Crippen molar-refractivity contribution in [3.05, 3.63) is 48.0 Å². The first-order valence-electron chi connectivity index (χ1n) is 10.2. The van der Waals surface area contributed by atoms with Gasteiger partial charge in [-0.25, -0.2) is 0 Å². The lowest BCUT2D eigenvalue weighted by atomic mass is 9.86. The van der Waals surface area contributed by atoms with Crippen molar-refractivity contribution in [2.45, 2.75) is 45.6 Å². The van der Waals surface area contributed by atoms with Crippen LogP contribution in [0.25, 0.3) is 0 Å². The topological polar surface area (TPSA) is 53.0 Å². The Balaban J connectivity index is 1.67. The lowest BCUT2D eigenvalue weighted by Gasteiger charge is -2.42. The average Bonchev–Trinajstić information content (AvgIpc) is 2.57. The molecule has 0 bridgehead atoms. The zero-order valence-electron chi connectivity index (χ0n) is 17.9. The number of aliphatic carboxylic acids is 1. The van der Waals surface area contributed by atoms with Gasteiger partial charge >= 0.3 is 5.97 Å². The molecule has 4 rings (SSSR count). The molecule has 0 amide bonds. The van der Waals surface area contributed by atoms with Gasteiger partial charge in [0.1, 0.15) is 11.4 Å². The summed E-state index contributed by atoms with van der Waals surface area (Å²) in [5.41, 5.74) is 4.23. The van der Waals surface area contributed by atoms with Crippen molar-refractivity contribution < 1.29 is 14.6 Å². The highest BCUT2D eigenvalue weighted by Gasteiger charge is 2.35. The normalized spacial score (nSPS) is 18.7. The van der Waals surface area contributed by atoms with Gasteiger partial charge in [0.15, 0.2) is 0 Å². The SMILES string of the molecule is CC1(C)CN(c2cccc(N3CC(C(=O)O)C3)c2)c2ccc(C(C)(C)C)cc2O1. The van der Waals surface area contributed by atoms with Gasteiger partial charge in [-0.15, -0.1) is 0 Å². The summed E-state index contributed by atoms with van der Waals surface area (Å²) >= 11 is 0. The first-order valence-corrected chi connectivity index (χ1v) is 10.2. The summed E-state index contributed by atoms with van der Waals surface area (Å²) in [5.74, 6) is -0.0672. The maximum atomic E-state index is 11.1. The predicted octanol–water partition coefficient (Wildman–Crippen LogP) is 4.81. The largest absolute Gasteiger partial charge is 0.484 e. The molecule has 0 radical (unpaired) electrons. The minimum Gasteiger partial charge on any atom is -0.484 e. The summed E-state index contributed by atoms with van der Waals surface area (Å²) in [6.07, 6.45) is 0. The van der Waals surface area contributed by atoms with Gasteiger partial charge in [0, 0.05) is 24.5 Å². The van der Waals surface area contributed by atoms with E-state index in [0.717, 1.165) is 29.4 Å². The number of nitrogens with zero attached hydrogens (tertiary/aromatic N) is 2. The van der Waals surface area contributed by atoms with Gasteiger partial charge in [-0.1, -0.05) is 32.9 Å². The lowest BCUT2D eigenvalue weighted by molar-refractivity contribution is -0.142. The number of hydrogen-bond acceptors (Lipinski definition) is 4. The molecule has 0 saturated carbocycles. The Bertz CT molecular complexity index is 939. The summed E-state index contributed by atoms with van der Waals surface area (Å²) in [6, 6.07) is 14.9. The fourth-order valence-corrected chi connectivity index (χ4v) is 4.01. The molecule has 0 unspecified atom stereocenters. The highest BCUT2D eigenvalue weighted by atomic mass is 16.5. The Morgan fingerprint density at radius 3 is 2.45 bits per heavy atom. The molecule has 0 aromatic heterocycles. The van der Waals surface area contributed by atoms with Crippen molar-refractivity contribution in [1.82, 2.24) is 0 Å². The molecule has 2 aliphatic rings. The molecule has 1 fully saturated rings. The van der Waals surface area contributed by atoms with Crippen molar-refractivity contribution in [2.24, 2.45) is 5.92 Å². The molecule has 5 nitrogen and oxygen atoms in total. The third-order valence-electron chi connectivity index (χ3n) is 5.78. The summed E-state index contributed by atoms with van der Waals surface area (Å²) < 4.78 is 6.34. The zero-order valence-corrected chi connectivity index (χ0v) is 17.9. The standard InChI is InChI=1S/C24H30N2O3/c1-23(2,3)17-9-10-20-21(11-17)29-24(4,5)15-26(20)19-8-6-7-18(12-19)25-13-16(14-25)22(27)28/h6-12,16H,13-15H2,1-5H3,(H,27,28). The second kappa shape index (κ2) is 6.68. The molecule has 1 N–H and O–H groups in total. The third-order valence-corrected chi connectivity index (χ3v) is 5.78. The lowest BCUT2D eigenvalue weighted by Crippen LogP contribution is -2.50. The van der Waals surface area contributed by atoms with Crippen molar-refractivity contribution in [3.8, 4) is 5.75 Å². The summed E-state index contributed by atoms with van der Waals surface area (Å²) in [6.45, 7) is 12.7. The molecule has 0 aliphatic carbocycles. The second-order valence-corrected chi connectivity index (χ2v) is 9.84. The fourth-order valence-electron chi connectivity index (χ4n) is 4.01. The summed E-state index contributed by atoms with van der Waals surface area (Å²) in [7, 11) is 0. The quantitative estimate of drug-likeness (QED) is 0.809. The number of carbonyl (C=O) groups is 1. The van der Waals surface area contributed by atoms with Gasteiger partial charge < -0.3 is 19.6 Å². The Morgan fingerprint density at radius 2 is 1.79 bits per heavy atom. The molecule has 1 saturated heterocycles. The van der Waals surface area contributed by atoms with E-state index in [1.165, 1.54) is 5.56 Å². The first kappa shape index (κ1) is 19.6. The van der Waals surface area contributed by atoms with Gasteiger partial charge in [-0.05, 0) is 55.2 Å². The summed E-state index contributed by atoms with van der Waals surface area (Å²) in [5, 5.41) is 9.15. The van der Waals surface area contributed by atoms with Crippen molar-refractivity contribution in [2.75, 3.05) is 29.4 Å². The average molecular weight is 395 g/mol. The number of ether oxygens (including phenoxy) is 1. The summed E-state index contributed by atoms with van der Waals surface area (Å²) in [4.78, 5) is 15.6. The van der Waals surface area contributed by atoms with Gasteiger partial charge in [-0.2, -0.15) is 0 Å². The van der Waals surface area contributed by atoms with Crippen molar-refractivity contribution >= 4 is 23.0 Å². The predicted molar refractivity (Wildman–Crippen MR) is 117 cm³/mol. The molecule has 154 valence electrons. The molecular formula is C24H30N2O3. The Morgan fingerprint density at radius 1 is 1.10 bits per heavy atom. The van der Waals surface area contributed by atoms with Crippen LogP contribution in [0.2, 0.25) is 0 Å². The zero-order chi connectivity index (χ0) is 21.0. The number of hydrogen-bond donors (Lipinski definition) is 1. The van der Waals surface area contributed by atoms with Crippen LogP contribution >= 0.6 is 0 Å². The van der Waals surface area contributed by atoms with Crippen LogP contribution in [0.1, 0.15) is 40.2 Å². The maximum Gasteiger partial charge on any atom is 0.310 e. The Kier molecular flexibility index (Phi) is 4.52. The van der Waals surface area contributed by atoms with Crippen molar-refractivity contribution in [1.29, 1.82) is 0 Å². The van der Waals surface area contributed by atoms with Gasteiger partial charge in [0.05, 0.1) is 18.2 Å². The number of anilines is 3. The molecule has 29 heavy (non-hydrogen) atoms. The molecule has 2 aromatic rings. The molecule has 5 heteroatoms. The van der Waals surface area contributed by atoms with E-state index in [-0.39, 0.29) is 16.9 Å². The highest BCUT2D eigenvalue weighted by Crippen LogP contribution is 2.44. The maximum absolute atomic E-state index is 11.1. The van der Waals surface area contributed by atoms with Gasteiger partial charge in [0.25, 0.3) is 0 Å². The molecule has 2 aliphatic heterocycles. The molecule has 2 aromatic carbocycles. The minimum absolute atomic E-state index is 0.0584. The van der Waals surface area contributed by atoms with Gasteiger partial charge in [0.2, 0.25) is 0 Å². The van der Waals surface area contributed by atoms with Gasteiger partial charge in [-0.3, -0.25) is 4.79 Å². The van der Waals surface area contributed by atoms with E-state index in [1.807, 2.05) is 6.07 Å². The van der Waals surface area contributed by atoms with Crippen LogP contribution in [-0.4, -0.2) is 36.3 Å².